The molecule has 4 nitrogen and oxygen atoms in total. The second-order valence-corrected chi connectivity index (χ2v) is 4.59. The third-order valence-corrected chi connectivity index (χ3v) is 3.10. The van der Waals surface area contributed by atoms with Crippen molar-refractivity contribution in [3.63, 3.8) is 0 Å². The van der Waals surface area contributed by atoms with E-state index in [1.54, 1.807) is 18.2 Å². The number of hydrogen-bond acceptors (Lipinski definition) is 4. The van der Waals surface area contributed by atoms with Crippen LogP contribution in [-0.4, -0.2) is 10.9 Å². The molecule has 0 fully saturated rings. The first-order valence-electron chi connectivity index (χ1n) is 6.55. The molecule has 0 bridgehead atoms. The van der Waals surface area contributed by atoms with Gasteiger partial charge in [-0.3, -0.25) is 10.2 Å². The molecule has 0 aliphatic carbocycles. The first-order chi connectivity index (χ1) is 9.60. The SMILES string of the molecule is CCc1ccc(O)c(NNc2ccc(C(C)=O)cc2)c1. The molecule has 2 aromatic rings. The minimum absolute atomic E-state index is 0.0396. The van der Waals surface area contributed by atoms with Gasteiger partial charge in [0.1, 0.15) is 5.75 Å². The Hall–Kier alpha value is -2.49. The smallest absolute Gasteiger partial charge is 0.159 e. The van der Waals surface area contributed by atoms with Crippen molar-refractivity contribution in [3.05, 3.63) is 53.6 Å². The number of aromatic hydroxyl groups is 1. The molecule has 0 radical (unpaired) electrons. The molecule has 0 atom stereocenters. The van der Waals surface area contributed by atoms with E-state index in [-0.39, 0.29) is 11.5 Å². The Labute approximate surface area is 118 Å². The predicted octanol–water partition coefficient (Wildman–Crippen LogP) is 3.60. The van der Waals surface area contributed by atoms with Gasteiger partial charge in [0.25, 0.3) is 0 Å². The van der Waals surface area contributed by atoms with Gasteiger partial charge in [-0.2, -0.15) is 0 Å². The maximum atomic E-state index is 11.2. The second-order valence-electron chi connectivity index (χ2n) is 4.59. The fourth-order valence-corrected chi connectivity index (χ4v) is 1.83. The predicted molar refractivity (Wildman–Crippen MR) is 81.2 cm³/mol. The van der Waals surface area contributed by atoms with Crippen LogP contribution >= 0.6 is 0 Å². The molecule has 2 rings (SSSR count). The highest BCUT2D eigenvalue weighted by Crippen LogP contribution is 2.24. The first kappa shape index (κ1) is 13.9. The quantitative estimate of drug-likeness (QED) is 0.441. The summed E-state index contributed by atoms with van der Waals surface area (Å²) in [5.74, 6) is 0.229. The van der Waals surface area contributed by atoms with Crippen LogP contribution in [0.5, 0.6) is 5.75 Å². The summed E-state index contributed by atoms with van der Waals surface area (Å²) in [5, 5.41) is 9.78. The Morgan fingerprint density at radius 1 is 1.10 bits per heavy atom. The first-order valence-corrected chi connectivity index (χ1v) is 6.55. The minimum atomic E-state index is 0.0396. The fraction of sp³-hybridized carbons (Fsp3) is 0.188. The molecule has 0 heterocycles. The summed E-state index contributed by atoms with van der Waals surface area (Å²) >= 11 is 0. The van der Waals surface area contributed by atoms with Crippen LogP contribution < -0.4 is 10.9 Å². The number of ketones is 1. The van der Waals surface area contributed by atoms with Gasteiger partial charge in [-0.05, 0) is 55.3 Å². The summed E-state index contributed by atoms with van der Waals surface area (Å²) in [5.41, 5.74) is 9.22. The van der Waals surface area contributed by atoms with Gasteiger partial charge in [0.15, 0.2) is 5.78 Å². The Morgan fingerprint density at radius 3 is 2.40 bits per heavy atom. The maximum Gasteiger partial charge on any atom is 0.159 e. The summed E-state index contributed by atoms with van der Waals surface area (Å²) < 4.78 is 0. The van der Waals surface area contributed by atoms with Crippen LogP contribution in [0.1, 0.15) is 29.8 Å². The number of aryl methyl sites for hydroxylation is 1. The molecule has 0 aliphatic rings. The Bertz CT molecular complexity index is 606. The van der Waals surface area contributed by atoms with Crippen molar-refractivity contribution in [2.75, 3.05) is 10.9 Å². The van der Waals surface area contributed by atoms with Crippen molar-refractivity contribution >= 4 is 17.2 Å². The number of anilines is 2. The molecule has 0 spiro atoms. The van der Waals surface area contributed by atoms with Crippen LogP contribution in [-0.2, 0) is 6.42 Å². The van der Waals surface area contributed by atoms with Gasteiger partial charge in [0.2, 0.25) is 0 Å². The Kier molecular flexibility index (Phi) is 4.25. The normalized spacial score (nSPS) is 10.1. The Balaban J connectivity index is 2.06. The number of hydrazine groups is 1. The van der Waals surface area contributed by atoms with E-state index in [1.807, 2.05) is 24.3 Å². The maximum absolute atomic E-state index is 11.2. The van der Waals surface area contributed by atoms with Crippen molar-refractivity contribution in [3.8, 4) is 5.75 Å². The molecule has 20 heavy (non-hydrogen) atoms. The van der Waals surface area contributed by atoms with Crippen LogP contribution in [0, 0.1) is 0 Å². The van der Waals surface area contributed by atoms with Crippen LogP contribution in [0.3, 0.4) is 0 Å². The lowest BCUT2D eigenvalue weighted by atomic mass is 10.1. The zero-order valence-electron chi connectivity index (χ0n) is 11.6. The summed E-state index contributed by atoms with van der Waals surface area (Å²) in [6.07, 6.45) is 0.905. The summed E-state index contributed by atoms with van der Waals surface area (Å²) in [4.78, 5) is 11.2. The van der Waals surface area contributed by atoms with Crippen molar-refractivity contribution in [1.82, 2.24) is 0 Å². The van der Waals surface area contributed by atoms with Crippen LogP contribution in [0.4, 0.5) is 11.4 Å². The monoisotopic (exact) mass is 270 g/mol. The molecule has 0 amide bonds. The average Bonchev–Trinajstić information content (AvgIpc) is 2.47. The van der Waals surface area contributed by atoms with E-state index in [9.17, 15) is 9.90 Å². The molecule has 0 aromatic heterocycles. The highest BCUT2D eigenvalue weighted by Gasteiger charge is 2.02. The molecule has 2 aromatic carbocycles. The van der Waals surface area contributed by atoms with Crippen molar-refractivity contribution < 1.29 is 9.90 Å². The number of nitrogens with one attached hydrogen (secondary N) is 2. The molecular formula is C16H18N2O2. The summed E-state index contributed by atoms with van der Waals surface area (Å²) in [6.45, 7) is 3.60. The summed E-state index contributed by atoms with van der Waals surface area (Å²) in [7, 11) is 0. The van der Waals surface area contributed by atoms with E-state index in [0.29, 0.717) is 11.3 Å². The highest BCUT2D eigenvalue weighted by molar-refractivity contribution is 5.94. The number of benzene rings is 2. The lowest BCUT2D eigenvalue weighted by molar-refractivity contribution is 0.101. The molecule has 0 saturated heterocycles. The van der Waals surface area contributed by atoms with Crippen molar-refractivity contribution in [2.24, 2.45) is 0 Å². The number of phenols is 1. The van der Waals surface area contributed by atoms with Gasteiger partial charge in [-0.25, -0.2) is 0 Å². The van der Waals surface area contributed by atoms with Gasteiger partial charge in [0.05, 0.1) is 11.4 Å². The molecule has 3 N–H and O–H groups in total. The molecule has 0 saturated carbocycles. The van der Waals surface area contributed by atoms with Crippen LogP contribution in [0.25, 0.3) is 0 Å². The van der Waals surface area contributed by atoms with Gasteiger partial charge >= 0.3 is 0 Å². The van der Waals surface area contributed by atoms with E-state index < -0.39 is 0 Å². The van der Waals surface area contributed by atoms with Gasteiger partial charge in [-0.1, -0.05) is 13.0 Å². The number of rotatable bonds is 5. The van der Waals surface area contributed by atoms with Gasteiger partial charge in [0, 0.05) is 5.56 Å². The lowest BCUT2D eigenvalue weighted by Crippen LogP contribution is -2.09. The lowest BCUT2D eigenvalue weighted by Gasteiger charge is -2.12. The van der Waals surface area contributed by atoms with E-state index >= 15 is 0 Å². The fourth-order valence-electron chi connectivity index (χ4n) is 1.83. The minimum Gasteiger partial charge on any atom is -0.506 e. The molecular weight excluding hydrogens is 252 g/mol. The Morgan fingerprint density at radius 2 is 1.80 bits per heavy atom. The van der Waals surface area contributed by atoms with E-state index in [0.717, 1.165) is 17.7 Å². The standard InChI is InChI=1S/C16H18N2O2/c1-3-12-4-9-16(20)15(10-12)18-17-14-7-5-13(6-8-14)11(2)19/h4-10,17-18,20H,3H2,1-2H3. The summed E-state index contributed by atoms with van der Waals surface area (Å²) in [6, 6.07) is 12.6. The highest BCUT2D eigenvalue weighted by atomic mass is 16.3. The number of phenolic OH excluding ortho intramolecular Hbond substituents is 1. The van der Waals surface area contributed by atoms with Gasteiger partial charge < -0.3 is 10.5 Å². The topological polar surface area (TPSA) is 61.4 Å². The largest absolute Gasteiger partial charge is 0.506 e. The van der Waals surface area contributed by atoms with E-state index in [2.05, 4.69) is 17.8 Å². The van der Waals surface area contributed by atoms with E-state index in [1.165, 1.54) is 6.92 Å². The van der Waals surface area contributed by atoms with Crippen LogP contribution in [0.2, 0.25) is 0 Å². The third-order valence-electron chi connectivity index (χ3n) is 3.10. The zero-order chi connectivity index (χ0) is 14.5. The van der Waals surface area contributed by atoms with Gasteiger partial charge in [-0.15, -0.1) is 0 Å². The van der Waals surface area contributed by atoms with Crippen molar-refractivity contribution in [2.45, 2.75) is 20.3 Å². The number of carbonyl (C=O) groups is 1. The molecule has 0 unspecified atom stereocenters. The molecule has 4 heteroatoms. The van der Waals surface area contributed by atoms with Crippen LogP contribution in [0.15, 0.2) is 42.5 Å². The number of carbonyl (C=O) groups excluding carboxylic acids is 1. The average molecular weight is 270 g/mol. The second kappa shape index (κ2) is 6.10. The number of Topliss-reactive ketones (excluding diaryl/α,β-unsaturated/α-hetero) is 1. The third kappa shape index (κ3) is 3.29. The molecule has 104 valence electrons. The molecule has 0 aliphatic heterocycles. The zero-order valence-corrected chi connectivity index (χ0v) is 11.6. The van der Waals surface area contributed by atoms with Crippen molar-refractivity contribution in [1.29, 1.82) is 0 Å². The van der Waals surface area contributed by atoms with E-state index in [4.69, 9.17) is 0 Å². The number of hydrogen-bond donors (Lipinski definition) is 3.